The lowest BCUT2D eigenvalue weighted by Crippen LogP contribution is -2.49. The molecule has 0 radical (unpaired) electrons. The van der Waals surface area contributed by atoms with Crippen LogP contribution in [0.4, 0.5) is 11.5 Å². The second-order valence-corrected chi connectivity index (χ2v) is 17.0. The molecule has 12 heteroatoms. The summed E-state index contributed by atoms with van der Waals surface area (Å²) in [6, 6.07) is 19.6. The minimum atomic E-state index is -1.30. The zero-order valence-electron chi connectivity index (χ0n) is 30.0. The molecule has 6 unspecified atom stereocenters. The Labute approximate surface area is 325 Å². The number of phenolic OH excluding ortho intramolecular Hbond substituents is 1. The molecular formula is C42H36Cl2N4O5S. The van der Waals surface area contributed by atoms with E-state index < -0.39 is 40.9 Å². The van der Waals surface area contributed by atoms with Crippen LogP contribution in [0.25, 0.3) is 20.7 Å². The molecule has 4 amide bonds. The maximum absolute atomic E-state index is 15.1. The van der Waals surface area contributed by atoms with E-state index in [2.05, 4.69) is 0 Å². The number of fused-ring (bicyclic) bond motifs is 5. The Kier molecular flexibility index (Phi) is 8.01. The molecule has 3 aromatic carbocycles. The van der Waals surface area contributed by atoms with Crippen LogP contribution in [0.1, 0.15) is 49.3 Å². The zero-order valence-corrected chi connectivity index (χ0v) is 32.3. The summed E-state index contributed by atoms with van der Waals surface area (Å²) < 4.78 is 2.61. The fourth-order valence-electron chi connectivity index (χ4n) is 9.68. The van der Waals surface area contributed by atoms with Crippen molar-refractivity contribution in [2.75, 3.05) is 9.80 Å². The molecule has 9 nitrogen and oxygen atoms in total. The lowest BCUT2D eigenvalue weighted by Gasteiger charge is -2.49. The molecule has 2 aromatic heterocycles. The molecule has 274 valence electrons. The average molecular weight is 780 g/mol. The maximum Gasteiger partial charge on any atom is 0.242 e. The van der Waals surface area contributed by atoms with E-state index in [1.54, 1.807) is 35.2 Å². The summed E-state index contributed by atoms with van der Waals surface area (Å²) in [6.07, 6.45) is 3.34. The van der Waals surface area contributed by atoms with Crippen molar-refractivity contribution in [2.24, 2.45) is 36.1 Å². The van der Waals surface area contributed by atoms with Crippen molar-refractivity contribution in [3.8, 4) is 16.3 Å². The number of nitrogens with zero attached hydrogens (tertiary/aromatic N) is 4. The molecule has 4 heterocycles. The van der Waals surface area contributed by atoms with E-state index in [1.807, 2.05) is 69.3 Å². The number of aryl methyl sites for hydroxylation is 3. The first-order valence-corrected chi connectivity index (χ1v) is 19.7. The molecule has 2 aliphatic carbocycles. The molecule has 4 aliphatic rings. The Hall–Kier alpha value is -4.77. The molecule has 3 fully saturated rings. The van der Waals surface area contributed by atoms with Crippen molar-refractivity contribution >= 4 is 79.8 Å². The summed E-state index contributed by atoms with van der Waals surface area (Å²) in [5.41, 5.74) is 3.34. The van der Waals surface area contributed by atoms with Gasteiger partial charge in [-0.05, 0) is 104 Å². The van der Waals surface area contributed by atoms with E-state index in [-0.39, 0.29) is 34.9 Å². The summed E-state index contributed by atoms with van der Waals surface area (Å²) in [6.45, 7) is 5.87. The van der Waals surface area contributed by atoms with E-state index >= 15 is 4.79 Å². The third kappa shape index (κ3) is 4.85. The van der Waals surface area contributed by atoms with Gasteiger partial charge in [0.15, 0.2) is 0 Å². The van der Waals surface area contributed by atoms with Gasteiger partial charge in [-0.2, -0.15) is 5.10 Å². The van der Waals surface area contributed by atoms with E-state index in [4.69, 9.17) is 28.3 Å². The summed E-state index contributed by atoms with van der Waals surface area (Å²) in [4.78, 5) is 61.9. The number of thiophene rings is 1. The number of aromatic nitrogens is 2. The number of rotatable bonds is 5. The first-order valence-electron chi connectivity index (χ1n) is 18.1. The number of carbonyl (C=O) groups is 4. The quantitative estimate of drug-likeness (QED) is 0.141. The van der Waals surface area contributed by atoms with Gasteiger partial charge in [0.25, 0.3) is 0 Å². The van der Waals surface area contributed by atoms with Gasteiger partial charge in [0.05, 0.1) is 33.7 Å². The summed E-state index contributed by atoms with van der Waals surface area (Å²) in [5.74, 6) is -4.39. The minimum absolute atomic E-state index is 0.0338. The zero-order chi connectivity index (χ0) is 38.0. The lowest BCUT2D eigenvalue weighted by atomic mass is 9.51. The van der Waals surface area contributed by atoms with Crippen LogP contribution in [0.15, 0.2) is 78.4 Å². The molecule has 9 rings (SSSR count). The number of phenols is 1. The van der Waals surface area contributed by atoms with Gasteiger partial charge < -0.3 is 5.11 Å². The van der Waals surface area contributed by atoms with Crippen LogP contribution in [-0.4, -0.2) is 38.5 Å². The number of aromatic hydroxyl groups is 1. The number of anilines is 2. The Morgan fingerprint density at radius 2 is 1.69 bits per heavy atom. The number of carbonyl (C=O) groups excluding carboxylic acids is 4. The second kappa shape index (κ2) is 12.4. The predicted molar refractivity (Wildman–Crippen MR) is 210 cm³/mol. The van der Waals surface area contributed by atoms with Crippen LogP contribution in [0.5, 0.6) is 5.75 Å². The first kappa shape index (κ1) is 35.0. The van der Waals surface area contributed by atoms with Crippen molar-refractivity contribution in [1.29, 1.82) is 0 Å². The molecule has 0 bridgehead atoms. The Morgan fingerprint density at radius 1 is 0.926 bits per heavy atom. The van der Waals surface area contributed by atoms with Crippen LogP contribution in [0, 0.1) is 36.0 Å². The minimum Gasteiger partial charge on any atom is -0.508 e. The van der Waals surface area contributed by atoms with Crippen molar-refractivity contribution in [2.45, 2.75) is 46.0 Å². The molecule has 1 N–H and O–H groups in total. The molecule has 1 saturated carbocycles. The number of benzene rings is 3. The number of hydrogen-bond donors (Lipinski definition) is 1. The molecule has 54 heavy (non-hydrogen) atoms. The monoisotopic (exact) mass is 778 g/mol. The highest BCUT2D eigenvalue weighted by Gasteiger charge is 2.68. The van der Waals surface area contributed by atoms with Gasteiger partial charge in [-0.25, -0.2) is 4.90 Å². The van der Waals surface area contributed by atoms with E-state index in [0.29, 0.717) is 34.2 Å². The van der Waals surface area contributed by atoms with Gasteiger partial charge >= 0.3 is 0 Å². The van der Waals surface area contributed by atoms with Crippen molar-refractivity contribution in [3.05, 3.63) is 105 Å². The number of allylic oxidation sites excluding steroid dienone is 2. The number of hydrogen-bond acceptors (Lipinski definition) is 7. The predicted octanol–water partition coefficient (Wildman–Crippen LogP) is 8.62. The fourth-order valence-corrected chi connectivity index (χ4v) is 11.3. The Bertz CT molecular complexity index is 2510. The van der Waals surface area contributed by atoms with Crippen LogP contribution in [-0.2, 0) is 32.6 Å². The third-order valence-electron chi connectivity index (χ3n) is 12.4. The maximum atomic E-state index is 15.1. The van der Waals surface area contributed by atoms with E-state index in [9.17, 15) is 19.5 Å². The van der Waals surface area contributed by atoms with Gasteiger partial charge in [-0.3, -0.25) is 28.8 Å². The Morgan fingerprint density at radius 3 is 2.41 bits per heavy atom. The van der Waals surface area contributed by atoms with Crippen molar-refractivity contribution in [3.63, 3.8) is 0 Å². The van der Waals surface area contributed by atoms with Gasteiger partial charge in [-0.15, -0.1) is 11.3 Å². The van der Waals surface area contributed by atoms with E-state index in [1.165, 1.54) is 21.9 Å². The number of imide groups is 2. The van der Waals surface area contributed by atoms with Crippen LogP contribution >= 0.6 is 34.5 Å². The van der Waals surface area contributed by atoms with Gasteiger partial charge in [0, 0.05) is 33.8 Å². The molecule has 2 aliphatic heterocycles. The van der Waals surface area contributed by atoms with Gasteiger partial charge in [0.2, 0.25) is 23.6 Å². The number of halogens is 2. The fraction of sp³-hybridized carbons (Fsp3) is 0.310. The lowest BCUT2D eigenvalue weighted by molar-refractivity contribution is -0.131. The second-order valence-electron chi connectivity index (χ2n) is 15.1. The van der Waals surface area contributed by atoms with E-state index in [0.717, 1.165) is 38.1 Å². The van der Waals surface area contributed by atoms with Crippen LogP contribution in [0.2, 0.25) is 10.0 Å². The van der Waals surface area contributed by atoms with Crippen molar-refractivity contribution < 1.29 is 24.3 Å². The standard InChI is InChI=1S/C42H36Cl2N4O5S/c1-5-21-6-9-23(10-7-21)47-38(50)27-14-13-25-29(35(27)40(47)52)18-30-39(51)48(41(53)42(30,3)36(25)26-12-11-24(49)17-31(26)44)34-19-32(45-46(34)4)37-20(2)28-16-22(43)8-15-33(28)54-37/h6-13,15-17,19,27,29-30,35-36,49H,5,14,18H2,1-4H3. The highest BCUT2D eigenvalue weighted by Crippen LogP contribution is 2.64. The van der Waals surface area contributed by atoms with Gasteiger partial charge in [0.1, 0.15) is 17.3 Å². The highest BCUT2D eigenvalue weighted by atomic mass is 35.5. The SMILES string of the molecule is CCc1ccc(N2C(=O)C3CC=C4C(CC5C(=O)N(c6cc(-c7sc8ccc(Cl)cc8c7C)nn6C)C(=O)C5(C)C4c4ccc(O)cc4Cl)C3C2=O)cc1. The Balaban J connectivity index is 1.15. The molecule has 6 atom stereocenters. The highest BCUT2D eigenvalue weighted by molar-refractivity contribution is 7.22. The smallest absolute Gasteiger partial charge is 0.242 e. The third-order valence-corrected chi connectivity index (χ3v) is 14.2. The summed E-state index contributed by atoms with van der Waals surface area (Å²) >= 11 is 14.8. The molecule has 0 spiro atoms. The molecule has 2 saturated heterocycles. The average Bonchev–Trinajstić information content (AvgIpc) is 3.82. The number of amides is 4. The van der Waals surface area contributed by atoms with Crippen molar-refractivity contribution in [1.82, 2.24) is 9.78 Å². The van der Waals surface area contributed by atoms with Crippen LogP contribution < -0.4 is 9.80 Å². The normalized spacial score (nSPS) is 26.4. The first-order chi connectivity index (χ1) is 25.8. The topological polar surface area (TPSA) is 113 Å². The largest absolute Gasteiger partial charge is 0.508 e. The van der Waals surface area contributed by atoms with Crippen LogP contribution in [0.3, 0.4) is 0 Å². The molecular weight excluding hydrogens is 743 g/mol. The summed E-state index contributed by atoms with van der Waals surface area (Å²) in [7, 11) is 1.72. The molecule has 5 aromatic rings. The summed E-state index contributed by atoms with van der Waals surface area (Å²) in [5, 5.41) is 17.0. The van der Waals surface area contributed by atoms with Gasteiger partial charge in [-0.1, -0.05) is 60.0 Å².